The molecule has 2 aromatic rings. The van der Waals surface area contributed by atoms with E-state index in [0.29, 0.717) is 23.8 Å². The lowest BCUT2D eigenvalue weighted by Crippen LogP contribution is -2.40. The van der Waals surface area contributed by atoms with Gasteiger partial charge in [-0.2, -0.15) is 0 Å². The number of nitrogens with zero attached hydrogens (tertiary/aromatic N) is 2. The number of carbonyl (C=O) groups excluding carboxylic acids is 1. The van der Waals surface area contributed by atoms with Crippen molar-refractivity contribution in [3.8, 4) is 11.3 Å². The predicted octanol–water partition coefficient (Wildman–Crippen LogP) is 3.10. The van der Waals surface area contributed by atoms with Crippen LogP contribution in [-0.4, -0.2) is 41.5 Å². The van der Waals surface area contributed by atoms with E-state index in [4.69, 9.17) is 0 Å². The zero-order valence-electron chi connectivity index (χ0n) is 13.8. The van der Waals surface area contributed by atoms with Crippen molar-refractivity contribution in [2.24, 2.45) is 0 Å². The van der Waals surface area contributed by atoms with Crippen LogP contribution < -0.4 is 5.32 Å². The van der Waals surface area contributed by atoms with Gasteiger partial charge in [0.1, 0.15) is 5.82 Å². The lowest BCUT2D eigenvalue weighted by atomic mass is 10.1. The van der Waals surface area contributed by atoms with Crippen molar-refractivity contribution >= 4 is 5.91 Å². The van der Waals surface area contributed by atoms with Crippen molar-refractivity contribution in [1.82, 2.24) is 15.2 Å². The Labute approximate surface area is 141 Å². The second kappa shape index (κ2) is 7.53. The number of rotatable bonds is 5. The number of nitrogens with one attached hydrogen (secondary N) is 1. The maximum absolute atomic E-state index is 12.9. The summed E-state index contributed by atoms with van der Waals surface area (Å²) in [5.74, 6) is -0.417. The fraction of sp³-hybridized carbons (Fsp3) is 0.368. The van der Waals surface area contributed by atoms with Crippen LogP contribution in [0.15, 0.2) is 42.6 Å². The van der Waals surface area contributed by atoms with Gasteiger partial charge in [-0.3, -0.25) is 14.7 Å². The molecule has 1 N–H and O–H groups in total. The van der Waals surface area contributed by atoms with E-state index in [0.717, 1.165) is 25.1 Å². The third kappa shape index (κ3) is 3.79. The Kier molecular flexibility index (Phi) is 5.20. The second-order valence-electron chi connectivity index (χ2n) is 6.07. The van der Waals surface area contributed by atoms with E-state index in [2.05, 4.69) is 22.1 Å². The summed E-state index contributed by atoms with van der Waals surface area (Å²) < 4.78 is 12.9. The Hall–Kier alpha value is -2.27. The minimum Gasteiger partial charge on any atom is -0.350 e. The maximum Gasteiger partial charge on any atom is 0.251 e. The molecule has 1 aliphatic rings. The first-order valence-electron chi connectivity index (χ1n) is 8.41. The molecule has 1 aromatic carbocycles. The molecule has 0 spiro atoms. The summed E-state index contributed by atoms with van der Waals surface area (Å²) in [5, 5.41) is 3.03. The Morgan fingerprint density at radius 2 is 2.08 bits per heavy atom. The zero-order valence-corrected chi connectivity index (χ0v) is 13.8. The number of pyridine rings is 1. The molecule has 0 unspecified atom stereocenters. The summed E-state index contributed by atoms with van der Waals surface area (Å²) in [6, 6.07) is 10.7. The topological polar surface area (TPSA) is 45.2 Å². The first-order valence-corrected chi connectivity index (χ1v) is 8.41. The largest absolute Gasteiger partial charge is 0.350 e. The van der Waals surface area contributed by atoms with Crippen LogP contribution in [0, 0.1) is 5.82 Å². The molecule has 3 rings (SSSR count). The number of carbonyl (C=O) groups is 1. The highest BCUT2D eigenvalue weighted by molar-refractivity contribution is 5.94. The van der Waals surface area contributed by atoms with Crippen molar-refractivity contribution in [3.63, 3.8) is 0 Å². The van der Waals surface area contributed by atoms with Gasteiger partial charge in [0.2, 0.25) is 0 Å². The number of aromatic nitrogens is 1. The summed E-state index contributed by atoms with van der Waals surface area (Å²) in [4.78, 5) is 18.7. The van der Waals surface area contributed by atoms with E-state index in [-0.39, 0.29) is 11.7 Å². The number of likely N-dealkylation sites (tertiary alicyclic amines) is 1. The summed E-state index contributed by atoms with van der Waals surface area (Å²) in [6.45, 7) is 4.99. The van der Waals surface area contributed by atoms with E-state index >= 15 is 0 Å². The van der Waals surface area contributed by atoms with Gasteiger partial charge < -0.3 is 5.32 Å². The van der Waals surface area contributed by atoms with E-state index in [1.165, 1.54) is 18.7 Å². The number of halogens is 1. The molecule has 2 heterocycles. The molecule has 4 nitrogen and oxygen atoms in total. The SMILES string of the molecule is CCN1CCC[C@H]1CNC(=O)c1ccc(-c2ccc(F)cn2)cc1. The van der Waals surface area contributed by atoms with Gasteiger partial charge in [-0.15, -0.1) is 0 Å². The molecule has 0 radical (unpaired) electrons. The minimum absolute atomic E-state index is 0.0587. The monoisotopic (exact) mass is 327 g/mol. The molecular weight excluding hydrogens is 305 g/mol. The lowest BCUT2D eigenvalue weighted by Gasteiger charge is -2.22. The van der Waals surface area contributed by atoms with E-state index < -0.39 is 0 Å². The smallest absolute Gasteiger partial charge is 0.251 e. The number of amides is 1. The Bertz CT molecular complexity index is 685. The van der Waals surface area contributed by atoms with Gasteiger partial charge in [0.05, 0.1) is 11.9 Å². The summed E-state index contributed by atoms with van der Waals surface area (Å²) in [7, 11) is 0. The van der Waals surface area contributed by atoms with Gasteiger partial charge in [-0.1, -0.05) is 19.1 Å². The number of benzene rings is 1. The highest BCUT2D eigenvalue weighted by Crippen LogP contribution is 2.18. The zero-order chi connectivity index (χ0) is 16.9. The average Bonchev–Trinajstić information content (AvgIpc) is 3.08. The van der Waals surface area contributed by atoms with Crippen molar-refractivity contribution in [3.05, 3.63) is 54.0 Å². The van der Waals surface area contributed by atoms with Gasteiger partial charge in [0.15, 0.2) is 0 Å². The van der Waals surface area contributed by atoms with E-state index in [1.54, 1.807) is 18.2 Å². The third-order valence-corrected chi connectivity index (χ3v) is 4.57. The number of hydrogen-bond donors (Lipinski definition) is 1. The molecule has 1 fully saturated rings. The second-order valence-corrected chi connectivity index (χ2v) is 6.07. The first kappa shape index (κ1) is 16.6. The predicted molar refractivity (Wildman–Crippen MR) is 92.2 cm³/mol. The summed E-state index contributed by atoms with van der Waals surface area (Å²) in [5.41, 5.74) is 2.18. The molecule has 1 aromatic heterocycles. The molecule has 126 valence electrons. The molecule has 5 heteroatoms. The molecular formula is C19H22FN3O. The van der Waals surface area contributed by atoms with Crippen molar-refractivity contribution in [1.29, 1.82) is 0 Å². The normalized spacial score (nSPS) is 17.8. The van der Waals surface area contributed by atoms with Gasteiger partial charge in [-0.25, -0.2) is 4.39 Å². The van der Waals surface area contributed by atoms with Gasteiger partial charge in [0.25, 0.3) is 5.91 Å². The van der Waals surface area contributed by atoms with Crippen LogP contribution in [0.4, 0.5) is 4.39 Å². The number of hydrogen-bond acceptors (Lipinski definition) is 3. The first-order chi connectivity index (χ1) is 11.7. The summed E-state index contributed by atoms with van der Waals surface area (Å²) >= 11 is 0. The molecule has 0 saturated carbocycles. The van der Waals surface area contributed by atoms with Gasteiger partial charge >= 0.3 is 0 Å². The van der Waals surface area contributed by atoms with Crippen molar-refractivity contribution in [2.45, 2.75) is 25.8 Å². The quantitative estimate of drug-likeness (QED) is 0.918. The molecule has 24 heavy (non-hydrogen) atoms. The molecule has 1 atom stereocenters. The van der Waals surface area contributed by atoms with E-state index in [1.807, 2.05) is 12.1 Å². The Morgan fingerprint density at radius 1 is 1.29 bits per heavy atom. The van der Waals surface area contributed by atoms with Crippen LogP contribution in [0.2, 0.25) is 0 Å². The van der Waals surface area contributed by atoms with Crippen LogP contribution in [0.1, 0.15) is 30.1 Å². The minimum atomic E-state index is -0.359. The van der Waals surface area contributed by atoms with Crippen LogP contribution in [-0.2, 0) is 0 Å². The van der Waals surface area contributed by atoms with Gasteiger partial charge in [-0.05, 0) is 50.2 Å². The summed E-state index contributed by atoms with van der Waals surface area (Å²) in [6.07, 6.45) is 3.54. The number of likely N-dealkylation sites (N-methyl/N-ethyl adjacent to an activating group) is 1. The van der Waals surface area contributed by atoms with Crippen LogP contribution in [0.25, 0.3) is 11.3 Å². The molecule has 1 aliphatic heterocycles. The van der Waals surface area contributed by atoms with Crippen LogP contribution >= 0.6 is 0 Å². The highest BCUT2D eigenvalue weighted by Gasteiger charge is 2.23. The molecule has 1 saturated heterocycles. The van der Waals surface area contributed by atoms with Crippen molar-refractivity contribution in [2.75, 3.05) is 19.6 Å². The molecule has 0 aliphatic carbocycles. The van der Waals surface area contributed by atoms with Crippen LogP contribution in [0.5, 0.6) is 0 Å². The fourth-order valence-electron chi connectivity index (χ4n) is 3.19. The standard InChI is InChI=1S/C19H22FN3O/c1-2-23-11-3-4-17(23)13-22-19(24)15-7-5-14(6-8-15)18-10-9-16(20)12-21-18/h5-10,12,17H,2-4,11,13H2,1H3,(H,22,24)/t17-/m0/s1. The third-order valence-electron chi connectivity index (χ3n) is 4.57. The Balaban J connectivity index is 1.60. The van der Waals surface area contributed by atoms with Crippen LogP contribution in [0.3, 0.4) is 0 Å². The van der Waals surface area contributed by atoms with Gasteiger partial charge in [0, 0.05) is 23.7 Å². The molecule has 1 amide bonds. The van der Waals surface area contributed by atoms with E-state index in [9.17, 15) is 9.18 Å². The maximum atomic E-state index is 12.9. The highest BCUT2D eigenvalue weighted by atomic mass is 19.1. The lowest BCUT2D eigenvalue weighted by molar-refractivity contribution is 0.0941. The fourth-order valence-corrected chi connectivity index (χ4v) is 3.19. The Morgan fingerprint density at radius 3 is 2.75 bits per heavy atom. The average molecular weight is 327 g/mol. The van der Waals surface area contributed by atoms with Crippen molar-refractivity contribution < 1.29 is 9.18 Å². The molecule has 0 bridgehead atoms.